The maximum absolute atomic E-state index is 5.86. The van der Waals surface area contributed by atoms with Gasteiger partial charge in [-0.15, -0.1) is 0 Å². The van der Waals surface area contributed by atoms with Gasteiger partial charge in [0, 0.05) is 18.8 Å². The highest BCUT2D eigenvalue weighted by Gasteiger charge is 2.18. The molecule has 4 heteroatoms. The number of nitrogens with zero attached hydrogens (tertiary/aromatic N) is 2. The monoisotopic (exact) mass is 195 g/mol. The van der Waals surface area contributed by atoms with Crippen molar-refractivity contribution in [1.82, 2.24) is 9.55 Å². The van der Waals surface area contributed by atoms with E-state index >= 15 is 0 Å². The van der Waals surface area contributed by atoms with Crippen molar-refractivity contribution < 1.29 is 4.74 Å². The minimum Gasteiger partial charge on any atom is -0.379 e. The van der Waals surface area contributed by atoms with E-state index in [1.54, 1.807) is 0 Å². The van der Waals surface area contributed by atoms with Crippen LogP contribution in [0.2, 0.25) is 0 Å². The Labute approximate surface area is 84.1 Å². The fourth-order valence-corrected chi connectivity index (χ4v) is 1.92. The van der Waals surface area contributed by atoms with Gasteiger partial charge < -0.3 is 15.0 Å². The first kappa shape index (κ1) is 9.68. The molecule has 1 aliphatic rings. The molecule has 0 aromatic carbocycles. The van der Waals surface area contributed by atoms with Crippen LogP contribution >= 0.6 is 0 Å². The molecule has 14 heavy (non-hydrogen) atoms. The topological polar surface area (TPSA) is 53.1 Å². The SMILES string of the molecule is C[C@@H](N)c1cncn1C1CCCOC1. The van der Waals surface area contributed by atoms with Gasteiger partial charge in [-0.05, 0) is 19.8 Å². The van der Waals surface area contributed by atoms with Crippen LogP contribution in [0.3, 0.4) is 0 Å². The van der Waals surface area contributed by atoms with Crippen molar-refractivity contribution in [2.24, 2.45) is 5.73 Å². The van der Waals surface area contributed by atoms with Crippen molar-refractivity contribution in [3.05, 3.63) is 18.2 Å². The van der Waals surface area contributed by atoms with Crippen molar-refractivity contribution >= 4 is 0 Å². The van der Waals surface area contributed by atoms with Crippen LogP contribution in [0.25, 0.3) is 0 Å². The van der Waals surface area contributed by atoms with Crippen LogP contribution in [0.5, 0.6) is 0 Å². The fourth-order valence-electron chi connectivity index (χ4n) is 1.92. The maximum Gasteiger partial charge on any atom is 0.0952 e. The van der Waals surface area contributed by atoms with E-state index in [0.29, 0.717) is 6.04 Å². The van der Waals surface area contributed by atoms with E-state index in [9.17, 15) is 0 Å². The largest absolute Gasteiger partial charge is 0.379 e. The molecule has 2 rings (SSSR count). The molecule has 1 aromatic rings. The normalized spacial score (nSPS) is 24.9. The molecule has 78 valence electrons. The van der Waals surface area contributed by atoms with Crippen LogP contribution in [0.1, 0.15) is 37.5 Å². The maximum atomic E-state index is 5.86. The molecule has 0 radical (unpaired) electrons. The van der Waals surface area contributed by atoms with E-state index in [1.807, 2.05) is 19.4 Å². The Kier molecular flexibility index (Phi) is 2.84. The molecular formula is C10H17N3O. The lowest BCUT2D eigenvalue weighted by molar-refractivity contribution is 0.0580. The van der Waals surface area contributed by atoms with Crippen molar-refractivity contribution in [1.29, 1.82) is 0 Å². The second kappa shape index (κ2) is 4.11. The quantitative estimate of drug-likeness (QED) is 0.772. The van der Waals surface area contributed by atoms with Crippen molar-refractivity contribution in [2.75, 3.05) is 13.2 Å². The molecule has 0 saturated carbocycles. The van der Waals surface area contributed by atoms with Crippen LogP contribution in [0, 0.1) is 0 Å². The highest BCUT2D eigenvalue weighted by molar-refractivity contribution is 5.05. The Hall–Kier alpha value is -0.870. The second-order valence-electron chi connectivity index (χ2n) is 3.89. The summed E-state index contributed by atoms with van der Waals surface area (Å²) < 4.78 is 7.61. The summed E-state index contributed by atoms with van der Waals surface area (Å²) in [5.41, 5.74) is 6.96. The number of hydrogen-bond acceptors (Lipinski definition) is 3. The molecule has 0 bridgehead atoms. The number of aromatic nitrogens is 2. The summed E-state index contributed by atoms with van der Waals surface area (Å²) in [5.74, 6) is 0. The third kappa shape index (κ3) is 1.81. The molecule has 2 heterocycles. The second-order valence-corrected chi connectivity index (χ2v) is 3.89. The molecule has 0 amide bonds. The third-order valence-electron chi connectivity index (χ3n) is 2.69. The Morgan fingerprint density at radius 1 is 1.71 bits per heavy atom. The van der Waals surface area contributed by atoms with Crippen molar-refractivity contribution in [3.8, 4) is 0 Å². The lowest BCUT2D eigenvalue weighted by Gasteiger charge is -2.25. The van der Waals surface area contributed by atoms with Crippen LogP contribution in [0.15, 0.2) is 12.5 Å². The lowest BCUT2D eigenvalue weighted by Crippen LogP contribution is -2.24. The van der Waals surface area contributed by atoms with Gasteiger partial charge in [0.25, 0.3) is 0 Å². The van der Waals surface area contributed by atoms with Gasteiger partial charge in [0.05, 0.1) is 24.7 Å². The molecule has 0 aliphatic carbocycles. The standard InChI is InChI=1S/C10H17N3O/c1-8(11)10-5-12-7-13(10)9-3-2-4-14-6-9/h5,7-9H,2-4,6,11H2,1H3/t8-,9?/m1/s1. The van der Waals surface area contributed by atoms with E-state index in [2.05, 4.69) is 9.55 Å². The summed E-state index contributed by atoms with van der Waals surface area (Å²) in [6.45, 7) is 3.66. The highest BCUT2D eigenvalue weighted by Crippen LogP contribution is 2.22. The van der Waals surface area contributed by atoms with Gasteiger partial charge in [-0.1, -0.05) is 0 Å². The van der Waals surface area contributed by atoms with E-state index < -0.39 is 0 Å². The zero-order valence-corrected chi connectivity index (χ0v) is 8.52. The van der Waals surface area contributed by atoms with Gasteiger partial charge in [0.1, 0.15) is 0 Å². The third-order valence-corrected chi connectivity index (χ3v) is 2.69. The number of imidazole rings is 1. The summed E-state index contributed by atoms with van der Waals surface area (Å²) in [6.07, 6.45) is 5.99. The number of hydrogen-bond donors (Lipinski definition) is 1. The molecule has 2 atom stereocenters. The Balaban J connectivity index is 2.17. The molecule has 0 spiro atoms. The fraction of sp³-hybridized carbons (Fsp3) is 0.700. The molecular weight excluding hydrogens is 178 g/mol. The van der Waals surface area contributed by atoms with Crippen LogP contribution in [-0.4, -0.2) is 22.8 Å². The van der Waals surface area contributed by atoms with Gasteiger partial charge in [-0.3, -0.25) is 0 Å². The van der Waals surface area contributed by atoms with Gasteiger partial charge in [0.2, 0.25) is 0 Å². The van der Waals surface area contributed by atoms with E-state index in [1.165, 1.54) is 0 Å². The van der Waals surface area contributed by atoms with Crippen molar-refractivity contribution in [3.63, 3.8) is 0 Å². The van der Waals surface area contributed by atoms with Gasteiger partial charge >= 0.3 is 0 Å². The summed E-state index contributed by atoms with van der Waals surface area (Å²) in [6, 6.07) is 0.465. The zero-order chi connectivity index (χ0) is 9.97. The van der Waals surface area contributed by atoms with E-state index in [0.717, 1.165) is 31.7 Å². The Morgan fingerprint density at radius 3 is 3.21 bits per heavy atom. The van der Waals surface area contributed by atoms with Crippen LogP contribution < -0.4 is 5.73 Å². The molecule has 1 saturated heterocycles. The summed E-state index contributed by atoms with van der Waals surface area (Å²) in [5, 5.41) is 0. The van der Waals surface area contributed by atoms with E-state index in [4.69, 9.17) is 10.5 Å². The number of nitrogens with two attached hydrogens (primary N) is 1. The summed E-state index contributed by atoms with van der Waals surface area (Å²) in [7, 11) is 0. The molecule has 1 aliphatic heterocycles. The predicted octanol–water partition coefficient (Wildman–Crippen LogP) is 1.25. The molecule has 1 fully saturated rings. The highest BCUT2D eigenvalue weighted by atomic mass is 16.5. The first-order valence-corrected chi connectivity index (χ1v) is 5.14. The number of ether oxygens (including phenoxy) is 1. The minimum atomic E-state index is 0.0411. The van der Waals surface area contributed by atoms with E-state index in [-0.39, 0.29) is 6.04 Å². The average Bonchev–Trinajstić information content (AvgIpc) is 2.67. The van der Waals surface area contributed by atoms with Gasteiger partial charge in [0.15, 0.2) is 0 Å². The summed E-state index contributed by atoms with van der Waals surface area (Å²) >= 11 is 0. The zero-order valence-electron chi connectivity index (χ0n) is 8.52. The number of rotatable bonds is 2. The molecule has 4 nitrogen and oxygen atoms in total. The molecule has 1 unspecified atom stereocenters. The van der Waals surface area contributed by atoms with Crippen molar-refractivity contribution in [2.45, 2.75) is 31.8 Å². The first-order chi connectivity index (χ1) is 6.79. The molecule has 2 N–H and O–H groups in total. The predicted molar refractivity (Wildman–Crippen MR) is 53.9 cm³/mol. The lowest BCUT2D eigenvalue weighted by atomic mass is 10.1. The molecule has 1 aromatic heterocycles. The average molecular weight is 195 g/mol. The summed E-state index contributed by atoms with van der Waals surface area (Å²) in [4.78, 5) is 4.15. The Bertz CT molecular complexity index is 289. The van der Waals surface area contributed by atoms with Crippen LogP contribution in [0.4, 0.5) is 0 Å². The smallest absolute Gasteiger partial charge is 0.0952 e. The van der Waals surface area contributed by atoms with Gasteiger partial charge in [-0.25, -0.2) is 4.98 Å². The Morgan fingerprint density at radius 2 is 2.57 bits per heavy atom. The first-order valence-electron chi connectivity index (χ1n) is 5.14. The van der Waals surface area contributed by atoms with Crippen LogP contribution in [-0.2, 0) is 4.74 Å². The minimum absolute atomic E-state index is 0.0411. The van der Waals surface area contributed by atoms with Gasteiger partial charge in [-0.2, -0.15) is 0 Å².